The van der Waals surface area contributed by atoms with Gasteiger partial charge in [0, 0.05) is 12.6 Å². The van der Waals surface area contributed by atoms with Gasteiger partial charge in [-0.3, -0.25) is 0 Å². The molecule has 2 rings (SSSR count). The molecule has 2 saturated heterocycles. The number of nitrogens with zero attached hydrogens (tertiary/aromatic N) is 1. The van der Waals surface area contributed by atoms with Crippen LogP contribution in [0.2, 0.25) is 0 Å². The largest absolute Gasteiger partial charge is 0.300 e. The normalized spacial score (nSPS) is 49.1. The zero-order valence-corrected chi connectivity index (χ0v) is 7.88. The predicted octanol–water partition coefficient (Wildman–Crippen LogP) is 1.98. The molecule has 4 atom stereocenters. The van der Waals surface area contributed by atoms with Crippen molar-refractivity contribution in [3.05, 3.63) is 0 Å². The molecule has 0 aliphatic carbocycles. The van der Waals surface area contributed by atoms with Crippen molar-refractivity contribution in [2.45, 2.75) is 33.2 Å². The summed E-state index contributed by atoms with van der Waals surface area (Å²) in [6.45, 7) is 9.93. The molecule has 0 aromatic heterocycles. The van der Waals surface area contributed by atoms with Gasteiger partial charge in [0.2, 0.25) is 0 Å². The molecule has 2 bridgehead atoms. The van der Waals surface area contributed by atoms with E-state index >= 15 is 0 Å². The summed E-state index contributed by atoms with van der Waals surface area (Å²) in [5.41, 5.74) is 0. The molecule has 2 aliphatic heterocycles. The fraction of sp³-hybridized carbons (Fsp3) is 1.00. The smallest absolute Gasteiger partial charge is 0.0101 e. The topological polar surface area (TPSA) is 3.24 Å². The maximum Gasteiger partial charge on any atom is 0.0101 e. The Morgan fingerprint density at radius 3 is 2.45 bits per heavy atom. The van der Waals surface area contributed by atoms with Crippen LogP contribution in [0.4, 0.5) is 0 Å². The van der Waals surface area contributed by atoms with Crippen LogP contribution >= 0.6 is 0 Å². The van der Waals surface area contributed by atoms with Crippen molar-refractivity contribution in [3.8, 4) is 0 Å². The third-order valence-corrected chi connectivity index (χ3v) is 3.70. The van der Waals surface area contributed by atoms with E-state index in [0.29, 0.717) is 0 Å². The first kappa shape index (κ1) is 7.60. The zero-order valence-electron chi connectivity index (χ0n) is 7.88. The standard InChI is InChI=1S/C10H19N/c1-7(2)10-8(3)11-5-4-9(10)6-11/h7-10H,4-6H2,1-3H3. The molecule has 2 heterocycles. The number of fused-ring (bicyclic) bond motifs is 2. The summed E-state index contributed by atoms with van der Waals surface area (Å²) in [5, 5.41) is 0. The van der Waals surface area contributed by atoms with Crippen molar-refractivity contribution in [3.63, 3.8) is 0 Å². The molecule has 4 unspecified atom stereocenters. The monoisotopic (exact) mass is 153 g/mol. The number of rotatable bonds is 1. The Labute approximate surface area is 69.8 Å². The van der Waals surface area contributed by atoms with E-state index in [0.717, 1.165) is 23.8 Å². The van der Waals surface area contributed by atoms with E-state index in [-0.39, 0.29) is 0 Å². The van der Waals surface area contributed by atoms with E-state index in [9.17, 15) is 0 Å². The highest BCUT2D eigenvalue weighted by atomic mass is 15.2. The Morgan fingerprint density at radius 1 is 1.36 bits per heavy atom. The fourth-order valence-electron chi connectivity index (χ4n) is 3.24. The lowest BCUT2D eigenvalue weighted by molar-refractivity contribution is 0.173. The summed E-state index contributed by atoms with van der Waals surface area (Å²) in [4.78, 5) is 2.66. The third-order valence-electron chi connectivity index (χ3n) is 3.70. The van der Waals surface area contributed by atoms with E-state index in [1.165, 1.54) is 19.5 Å². The Kier molecular flexibility index (Phi) is 1.71. The quantitative estimate of drug-likeness (QED) is 0.557. The number of hydrogen-bond donors (Lipinski definition) is 0. The lowest BCUT2D eigenvalue weighted by atomic mass is 9.79. The molecular formula is C10H19N. The average molecular weight is 153 g/mol. The van der Waals surface area contributed by atoms with Gasteiger partial charge in [0.15, 0.2) is 0 Å². The van der Waals surface area contributed by atoms with Gasteiger partial charge in [0.1, 0.15) is 0 Å². The van der Waals surface area contributed by atoms with Crippen LogP contribution in [0.15, 0.2) is 0 Å². The number of hydrogen-bond acceptors (Lipinski definition) is 1. The van der Waals surface area contributed by atoms with Gasteiger partial charge in [0.25, 0.3) is 0 Å². The summed E-state index contributed by atoms with van der Waals surface area (Å²) >= 11 is 0. The van der Waals surface area contributed by atoms with Crippen molar-refractivity contribution >= 4 is 0 Å². The molecule has 1 nitrogen and oxygen atoms in total. The molecule has 0 aromatic carbocycles. The Balaban J connectivity index is 2.11. The van der Waals surface area contributed by atoms with Crippen LogP contribution in [0.3, 0.4) is 0 Å². The van der Waals surface area contributed by atoms with Crippen LogP contribution in [0.5, 0.6) is 0 Å². The Bertz CT molecular complexity index is 151. The van der Waals surface area contributed by atoms with Crippen molar-refractivity contribution in [1.29, 1.82) is 0 Å². The summed E-state index contributed by atoms with van der Waals surface area (Å²) in [7, 11) is 0. The first-order chi connectivity index (χ1) is 5.20. The van der Waals surface area contributed by atoms with Gasteiger partial charge in [0.05, 0.1) is 0 Å². The maximum atomic E-state index is 2.66. The third kappa shape index (κ3) is 1.01. The van der Waals surface area contributed by atoms with E-state index < -0.39 is 0 Å². The first-order valence-electron chi connectivity index (χ1n) is 4.94. The number of piperidine rings is 1. The lowest BCUT2D eigenvalue weighted by Gasteiger charge is -2.32. The molecule has 2 fully saturated rings. The van der Waals surface area contributed by atoms with Gasteiger partial charge in [-0.15, -0.1) is 0 Å². The summed E-state index contributed by atoms with van der Waals surface area (Å²) in [6, 6.07) is 0.869. The van der Waals surface area contributed by atoms with Gasteiger partial charge < -0.3 is 4.90 Å². The van der Waals surface area contributed by atoms with Crippen molar-refractivity contribution in [1.82, 2.24) is 4.90 Å². The molecule has 2 aliphatic rings. The molecule has 1 heteroatoms. The van der Waals surface area contributed by atoms with Gasteiger partial charge in [-0.05, 0) is 37.6 Å². The molecule has 0 saturated carbocycles. The zero-order chi connectivity index (χ0) is 8.01. The van der Waals surface area contributed by atoms with Crippen molar-refractivity contribution < 1.29 is 0 Å². The van der Waals surface area contributed by atoms with Crippen LogP contribution in [0.25, 0.3) is 0 Å². The van der Waals surface area contributed by atoms with E-state index in [4.69, 9.17) is 0 Å². The van der Waals surface area contributed by atoms with Crippen LogP contribution in [0, 0.1) is 17.8 Å². The molecule has 64 valence electrons. The van der Waals surface area contributed by atoms with E-state index in [1.54, 1.807) is 0 Å². The van der Waals surface area contributed by atoms with Crippen molar-refractivity contribution in [2.75, 3.05) is 13.1 Å². The van der Waals surface area contributed by atoms with Gasteiger partial charge >= 0.3 is 0 Å². The average Bonchev–Trinajstić information content (AvgIpc) is 2.44. The highest BCUT2D eigenvalue weighted by Crippen LogP contribution is 2.41. The highest BCUT2D eigenvalue weighted by Gasteiger charge is 2.44. The van der Waals surface area contributed by atoms with E-state index in [2.05, 4.69) is 25.7 Å². The van der Waals surface area contributed by atoms with Gasteiger partial charge in [-0.25, -0.2) is 0 Å². The minimum absolute atomic E-state index is 0.869. The van der Waals surface area contributed by atoms with Gasteiger partial charge in [-0.1, -0.05) is 13.8 Å². The molecule has 11 heavy (non-hydrogen) atoms. The molecule has 0 spiro atoms. The molecule has 0 radical (unpaired) electrons. The highest BCUT2D eigenvalue weighted by molar-refractivity contribution is 4.97. The summed E-state index contributed by atoms with van der Waals surface area (Å²) in [6.07, 6.45) is 1.47. The van der Waals surface area contributed by atoms with E-state index in [1.807, 2.05) is 0 Å². The molecule has 0 amide bonds. The SMILES string of the molecule is CC(C)C1C2CCN(C2)C1C. The summed E-state index contributed by atoms with van der Waals surface area (Å²) in [5.74, 6) is 2.91. The molecular weight excluding hydrogens is 134 g/mol. The first-order valence-corrected chi connectivity index (χ1v) is 4.94. The predicted molar refractivity (Wildman–Crippen MR) is 47.5 cm³/mol. The second-order valence-corrected chi connectivity index (χ2v) is 4.61. The van der Waals surface area contributed by atoms with Gasteiger partial charge in [-0.2, -0.15) is 0 Å². The van der Waals surface area contributed by atoms with Crippen LogP contribution < -0.4 is 0 Å². The maximum absolute atomic E-state index is 2.66. The van der Waals surface area contributed by atoms with Crippen LogP contribution in [-0.4, -0.2) is 24.0 Å². The summed E-state index contributed by atoms with van der Waals surface area (Å²) < 4.78 is 0. The second kappa shape index (κ2) is 2.48. The molecule has 0 aromatic rings. The fourth-order valence-corrected chi connectivity index (χ4v) is 3.24. The van der Waals surface area contributed by atoms with Crippen LogP contribution in [0.1, 0.15) is 27.2 Å². The minimum Gasteiger partial charge on any atom is -0.300 e. The van der Waals surface area contributed by atoms with Crippen molar-refractivity contribution in [2.24, 2.45) is 17.8 Å². The second-order valence-electron chi connectivity index (χ2n) is 4.61. The van der Waals surface area contributed by atoms with Crippen LogP contribution in [-0.2, 0) is 0 Å². The lowest BCUT2D eigenvalue weighted by Crippen LogP contribution is -2.35. The molecule has 0 N–H and O–H groups in total. The Morgan fingerprint density at radius 2 is 2.09 bits per heavy atom. The Hall–Kier alpha value is -0.0400. The minimum atomic E-state index is 0.869.